The van der Waals surface area contributed by atoms with Crippen LogP contribution in [0.15, 0.2) is 23.8 Å². The monoisotopic (exact) mass is 194 g/mol. The summed E-state index contributed by atoms with van der Waals surface area (Å²) in [5, 5.41) is 0. The van der Waals surface area contributed by atoms with Gasteiger partial charge in [-0.3, -0.25) is 4.79 Å². The first-order chi connectivity index (χ1) is 6.70. The average Bonchev–Trinajstić information content (AvgIpc) is 2.13. The van der Waals surface area contributed by atoms with E-state index in [1.54, 1.807) is 6.08 Å². The Morgan fingerprint density at radius 3 is 2.57 bits per heavy atom. The minimum Gasteiger partial charge on any atom is -0.299 e. The summed E-state index contributed by atoms with van der Waals surface area (Å²) in [6.07, 6.45) is 11.4. The second-order valence-corrected chi connectivity index (χ2v) is 3.95. The molecule has 0 fully saturated rings. The Labute approximate surface area is 87.9 Å². The molecule has 1 atom stereocenters. The molecule has 0 rings (SSSR count). The van der Waals surface area contributed by atoms with E-state index < -0.39 is 0 Å². The minimum absolute atomic E-state index is 0.608. The zero-order chi connectivity index (χ0) is 10.8. The first kappa shape index (κ1) is 13.2. The summed E-state index contributed by atoms with van der Waals surface area (Å²) in [6, 6.07) is 0. The summed E-state index contributed by atoms with van der Waals surface area (Å²) in [7, 11) is 0. The molecule has 1 heteroatoms. The molecule has 0 aromatic rings. The number of aldehydes is 1. The Hall–Kier alpha value is -0.850. The van der Waals surface area contributed by atoms with Crippen LogP contribution in [0.5, 0.6) is 0 Å². The highest BCUT2D eigenvalue weighted by Gasteiger charge is 2.02. The van der Waals surface area contributed by atoms with Crippen molar-refractivity contribution in [3.8, 4) is 0 Å². The zero-order valence-electron chi connectivity index (χ0n) is 9.62. The first-order valence-electron chi connectivity index (χ1n) is 5.46. The topological polar surface area (TPSA) is 17.1 Å². The van der Waals surface area contributed by atoms with Gasteiger partial charge in [0.25, 0.3) is 0 Å². The van der Waals surface area contributed by atoms with Gasteiger partial charge in [-0.1, -0.05) is 37.5 Å². The summed E-state index contributed by atoms with van der Waals surface area (Å²) in [6.45, 7) is 6.46. The lowest BCUT2D eigenvalue weighted by atomic mass is 9.96. The van der Waals surface area contributed by atoms with Gasteiger partial charge >= 0.3 is 0 Å². The molecule has 0 aliphatic heterocycles. The van der Waals surface area contributed by atoms with Crippen LogP contribution in [0.4, 0.5) is 0 Å². The molecule has 0 radical (unpaired) electrons. The highest BCUT2D eigenvalue weighted by Crippen LogP contribution is 2.16. The first-order valence-corrected chi connectivity index (χ1v) is 5.46. The van der Waals surface area contributed by atoms with Crippen molar-refractivity contribution in [1.82, 2.24) is 0 Å². The lowest BCUT2D eigenvalue weighted by molar-refractivity contribution is -0.104. The molecule has 0 aromatic heterocycles. The van der Waals surface area contributed by atoms with E-state index in [-0.39, 0.29) is 0 Å². The fourth-order valence-corrected chi connectivity index (χ4v) is 1.52. The van der Waals surface area contributed by atoms with Gasteiger partial charge in [0, 0.05) is 0 Å². The largest absolute Gasteiger partial charge is 0.299 e. The van der Waals surface area contributed by atoms with E-state index in [0.29, 0.717) is 5.92 Å². The van der Waals surface area contributed by atoms with Gasteiger partial charge in [-0.05, 0) is 38.7 Å². The molecule has 1 nitrogen and oxygen atoms in total. The Bertz CT molecular complexity index is 197. The van der Waals surface area contributed by atoms with Gasteiger partial charge in [-0.15, -0.1) is 0 Å². The van der Waals surface area contributed by atoms with E-state index in [9.17, 15) is 4.79 Å². The van der Waals surface area contributed by atoms with E-state index in [4.69, 9.17) is 0 Å². The van der Waals surface area contributed by atoms with Crippen molar-refractivity contribution < 1.29 is 4.79 Å². The van der Waals surface area contributed by atoms with Crippen molar-refractivity contribution in [3.05, 3.63) is 23.8 Å². The van der Waals surface area contributed by atoms with E-state index in [0.717, 1.165) is 12.7 Å². The molecule has 80 valence electrons. The van der Waals surface area contributed by atoms with Crippen LogP contribution in [0.1, 0.15) is 46.5 Å². The van der Waals surface area contributed by atoms with E-state index in [1.807, 2.05) is 6.08 Å². The maximum Gasteiger partial charge on any atom is 0.142 e. The van der Waals surface area contributed by atoms with Crippen molar-refractivity contribution in [3.63, 3.8) is 0 Å². The van der Waals surface area contributed by atoms with E-state index >= 15 is 0 Å². The number of carbonyl (C=O) groups excluding carboxylic acids is 1. The summed E-state index contributed by atoms with van der Waals surface area (Å²) < 4.78 is 0. The van der Waals surface area contributed by atoms with Crippen LogP contribution in [0.25, 0.3) is 0 Å². The average molecular weight is 194 g/mol. The minimum atomic E-state index is 0.608. The van der Waals surface area contributed by atoms with Crippen LogP contribution in [0, 0.1) is 5.92 Å². The van der Waals surface area contributed by atoms with Crippen molar-refractivity contribution in [1.29, 1.82) is 0 Å². The predicted molar refractivity (Wildman–Crippen MR) is 62.3 cm³/mol. The molecule has 0 aromatic carbocycles. The van der Waals surface area contributed by atoms with Crippen molar-refractivity contribution in [2.45, 2.75) is 46.5 Å². The van der Waals surface area contributed by atoms with Crippen LogP contribution >= 0.6 is 0 Å². The molecule has 0 aliphatic rings. The number of hydrogen-bond acceptors (Lipinski definition) is 1. The second-order valence-electron chi connectivity index (χ2n) is 3.95. The number of rotatable bonds is 7. The Morgan fingerprint density at radius 2 is 2.07 bits per heavy atom. The SMILES string of the molecule is CCCCC(C=C(C)C)CC=CC=O. The van der Waals surface area contributed by atoms with Gasteiger partial charge in [0.1, 0.15) is 6.29 Å². The fourth-order valence-electron chi connectivity index (χ4n) is 1.52. The second kappa shape index (κ2) is 8.74. The Balaban J connectivity index is 4.03. The summed E-state index contributed by atoms with van der Waals surface area (Å²) in [4.78, 5) is 10.1. The molecule has 0 N–H and O–H groups in total. The maximum atomic E-state index is 10.1. The van der Waals surface area contributed by atoms with Gasteiger partial charge in [-0.2, -0.15) is 0 Å². The highest BCUT2D eigenvalue weighted by atomic mass is 16.1. The third kappa shape index (κ3) is 7.78. The number of hydrogen-bond donors (Lipinski definition) is 0. The number of unbranched alkanes of at least 4 members (excludes halogenated alkanes) is 1. The molecule has 1 unspecified atom stereocenters. The maximum absolute atomic E-state index is 10.1. The molecule has 0 aliphatic carbocycles. The van der Waals surface area contributed by atoms with Gasteiger partial charge in [0.2, 0.25) is 0 Å². The van der Waals surface area contributed by atoms with Crippen LogP contribution in [0.3, 0.4) is 0 Å². The smallest absolute Gasteiger partial charge is 0.142 e. The van der Waals surface area contributed by atoms with Crippen molar-refractivity contribution >= 4 is 6.29 Å². The molecular weight excluding hydrogens is 172 g/mol. The van der Waals surface area contributed by atoms with Crippen molar-refractivity contribution in [2.75, 3.05) is 0 Å². The molecular formula is C13H22O. The number of allylic oxidation sites excluding steroid dienone is 4. The molecule has 0 bridgehead atoms. The van der Waals surface area contributed by atoms with Gasteiger partial charge in [0.05, 0.1) is 0 Å². The predicted octanol–water partition coefficient (Wildman–Crippen LogP) is 3.90. The number of carbonyl (C=O) groups is 1. The molecule has 0 saturated carbocycles. The normalized spacial score (nSPS) is 12.8. The Kier molecular flexibility index (Phi) is 8.20. The molecule has 0 saturated heterocycles. The van der Waals surface area contributed by atoms with Crippen molar-refractivity contribution in [2.24, 2.45) is 5.92 Å². The third-order valence-electron chi connectivity index (χ3n) is 2.15. The highest BCUT2D eigenvalue weighted by molar-refractivity contribution is 5.64. The van der Waals surface area contributed by atoms with Gasteiger partial charge < -0.3 is 0 Å². The van der Waals surface area contributed by atoms with Gasteiger partial charge in [-0.25, -0.2) is 0 Å². The molecule has 14 heavy (non-hydrogen) atoms. The zero-order valence-corrected chi connectivity index (χ0v) is 9.62. The van der Waals surface area contributed by atoms with Crippen LogP contribution < -0.4 is 0 Å². The van der Waals surface area contributed by atoms with Crippen LogP contribution in [-0.4, -0.2) is 6.29 Å². The van der Waals surface area contributed by atoms with E-state index in [1.165, 1.54) is 24.8 Å². The third-order valence-corrected chi connectivity index (χ3v) is 2.15. The lowest BCUT2D eigenvalue weighted by Gasteiger charge is -2.10. The summed E-state index contributed by atoms with van der Waals surface area (Å²) in [5.74, 6) is 0.608. The molecule has 0 amide bonds. The van der Waals surface area contributed by atoms with Gasteiger partial charge in [0.15, 0.2) is 0 Å². The Morgan fingerprint density at radius 1 is 1.36 bits per heavy atom. The van der Waals surface area contributed by atoms with Crippen LogP contribution in [-0.2, 0) is 4.79 Å². The quantitative estimate of drug-likeness (QED) is 0.341. The summed E-state index contributed by atoms with van der Waals surface area (Å²) >= 11 is 0. The fraction of sp³-hybridized carbons (Fsp3) is 0.615. The molecule has 0 heterocycles. The van der Waals surface area contributed by atoms with Crippen LogP contribution in [0.2, 0.25) is 0 Å². The van der Waals surface area contributed by atoms with E-state index in [2.05, 4.69) is 26.8 Å². The lowest BCUT2D eigenvalue weighted by Crippen LogP contribution is -1.95. The molecule has 0 spiro atoms. The summed E-state index contributed by atoms with van der Waals surface area (Å²) in [5.41, 5.74) is 1.37. The standard InChI is InChI=1S/C13H22O/c1-4-5-8-13(11-12(2)3)9-6-7-10-14/h6-7,10-11,13H,4-5,8-9H2,1-3H3.